The van der Waals surface area contributed by atoms with Crippen LogP contribution >= 0.6 is 0 Å². The maximum absolute atomic E-state index is 12.9. The van der Waals surface area contributed by atoms with Gasteiger partial charge in [0.1, 0.15) is 5.75 Å². The Hall–Kier alpha value is -3.12. The van der Waals surface area contributed by atoms with E-state index in [0.29, 0.717) is 12.1 Å². The van der Waals surface area contributed by atoms with Crippen molar-refractivity contribution in [1.29, 1.82) is 0 Å². The number of ether oxygens (including phenoxy) is 1. The molecule has 2 aromatic carbocycles. The molecular weight excluding hydrogens is 364 g/mol. The van der Waals surface area contributed by atoms with Crippen molar-refractivity contribution in [3.8, 4) is 17.0 Å². The van der Waals surface area contributed by atoms with E-state index in [1.165, 1.54) is 0 Å². The van der Waals surface area contributed by atoms with Crippen molar-refractivity contribution in [2.45, 2.75) is 19.9 Å². The molecule has 0 saturated carbocycles. The van der Waals surface area contributed by atoms with Crippen molar-refractivity contribution in [3.63, 3.8) is 0 Å². The van der Waals surface area contributed by atoms with E-state index in [0.717, 1.165) is 35.7 Å². The van der Waals surface area contributed by atoms with Crippen LogP contribution in [0, 0.1) is 0 Å². The summed E-state index contributed by atoms with van der Waals surface area (Å²) in [6.45, 7) is 6.52. The summed E-state index contributed by atoms with van der Waals surface area (Å²) in [7, 11) is 1.66. The summed E-state index contributed by atoms with van der Waals surface area (Å²) in [6, 6.07) is 17.8. The van der Waals surface area contributed by atoms with Gasteiger partial charge < -0.3 is 10.1 Å². The van der Waals surface area contributed by atoms with Gasteiger partial charge in [0.05, 0.1) is 30.6 Å². The molecule has 1 amide bonds. The molecule has 3 aromatic rings. The van der Waals surface area contributed by atoms with Gasteiger partial charge in [0.25, 0.3) is 5.91 Å². The Morgan fingerprint density at radius 3 is 2.59 bits per heavy atom. The SMILES string of the molecule is CCN(CC)C(CNC(=O)c1cn[nH]c1-c1ccccc1)c1cccc(OC)c1. The molecule has 152 valence electrons. The Labute approximate surface area is 171 Å². The van der Waals surface area contributed by atoms with Crippen LogP contribution in [0.4, 0.5) is 0 Å². The second-order valence-corrected chi connectivity index (χ2v) is 6.75. The number of carbonyl (C=O) groups is 1. The zero-order valence-corrected chi connectivity index (χ0v) is 17.2. The quantitative estimate of drug-likeness (QED) is 0.579. The van der Waals surface area contributed by atoms with E-state index in [-0.39, 0.29) is 11.9 Å². The van der Waals surface area contributed by atoms with Crippen LogP contribution < -0.4 is 10.1 Å². The van der Waals surface area contributed by atoms with Crippen LogP contribution in [0.2, 0.25) is 0 Å². The molecule has 0 aliphatic carbocycles. The van der Waals surface area contributed by atoms with Crippen LogP contribution in [-0.2, 0) is 0 Å². The molecule has 3 rings (SSSR count). The first-order valence-corrected chi connectivity index (χ1v) is 9.92. The molecular formula is C23H28N4O2. The lowest BCUT2D eigenvalue weighted by Gasteiger charge is -2.30. The highest BCUT2D eigenvalue weighted by molar-refractivity contribution is 5.99. The third kappa shape index (κ3) is 4.84. The normalized spacial score (nSPS) is 12.0. The van der Waals surface area contributed by atoms with Crippen molar-refractivity contribution >= 4 is 5.91 Å². The number of hydrogen-bond donors (Lipinski definition) is 2. The van der Waals surface area contributed by atoms with Crippen molar-refractivity contribution in [3.05, 3.63) is 71.9 Å². The molecule has 1 aromatic heterocycles. The first-order valence-electron chi connectivity index (χ1n) is 9.92. The summed E-state index contributed by atoms with van der Waals surface area (Å²) >= 11 is 0. The lowest BCUT2D eigenvalue weighted by molar-refractivity contribution is 0.0935. The Morgan fingerprint density at radius 1 is 1.14 bits per heavy atom. The third-order valence-corrected chi connectivity index (χ3v) is 5.13. The number of likely N-dealkylation sites (N-methyl/N-ethyl adjacent to an activating group) is 1. The van der Waals surface area contributed by atoms with E-state index in [1.54, 1.807) is 13.3 Å². The first-order chi connectivity index (χ1) is 14.2. The van der Waals surface area contributed by atoms with E-state index in [9.17, 15) is 4.79 Å². The molecule has 0 fully saturated rings. The zero-order valence-electron chi connectivity index (χ0n) is 17.2. The number of amides is 1. The number of methoxy groups -OCH3 is 1. The van der Waals surface area contributed by atoms with E-state index in [4.69, 9.17) is 4.74 Å². The maximum Gasteiger partial charge on any atom is 0.255 e. The topological polar surface area (TPSA) is 70.2 Å². The number of aromatic nitrogens is 2. The predicted octanol–water partition coefficient (Wildman–Crippen LogP) is 3.90. The van der Waals surface area contributed by atoms with E-state index < -0.39 is 0 Å². The Balaban J connectivity index is 1.79. The Morgan fingerprint density at radius 2 is 1.90 bits per heavy atom. The summed E-state index contributed by atoms with van der Waals surface area (Å²) in [4.78, 5) is 15.3. The van der Waals surface area contributed by atoms with Crippen molar-refractivity contribution in [1.82, 2.24) is 20.4 Å². The van der Waals surface area contributed by atoms with Crippen LogP contribution in [0.5, 0.6) is 5.75 Å². The number of hydrogen-bond acceptors (Lipinski definition) is 4. The minimum absolute atomic E-state index is 0.0520. The highest BCUT2D eigenvalue weighted by Gasteiger charge is 2.21. The van der Waals surface area contributed by atoms with E-state index in [2.05, 4.69) is 40.3 Å². The van der Waals surface area contributed by atoms with Gasteiger partial charge in [-0.25, -0.2) is 0 Å². The highest BCUT2D eigenvalue weighted by atomic mass is 16.5. The molecule has 1 heterocycles. The number of H-pyrrole nitrogens is 1. The van der Waals surface area contributed by atoms with Crippen LogP contribution in [0.25, 0.3) is 11.3 Å². The number of benzene rings is 2. The Bertz CT molecular complexity index is 919. The van der Waals surface area contributed by atoms with Gasteiger partial charge in [0.15, 0.2) is 0 Å². The molecule has 2 N–H and O–H groups in total. The zero-order chi connectivity index (χ0) is 20.6. The number of rotatable bonds is 9. The second kappa shape index (κ2) is 9.89. The largest absolute Gasteiger partial charge is 0.497 e. The summed E-state index contributed by atoms with van der Waals surface area (Å²) in [5.41, 5.74) is 3.32. The van der Waals surface area contributed by atoms with E-state index in [1.807, 2.05) is 48.5 Å². The monoisotopic (exact) mass is 392 g/mol. The van der Waals surface area contributed by atoms with Crippen molar-refractivity contribution in [2.24, 2.45) is 0 Å². The number of nitrogens with one attached hydrogen (secondary N) is 2. The molecule has 29 heavy (non-hydrogen) atoms. The third-order valence-electron chi connectivity index (χ3n) is 5.13. The average Bonchev–Trinajstić information content (AvgIpc) is 3.27. The van der Waals surface area contributed by atoms with Gasteiger partial charge in [-0.05, 0) is 30.8 Å². The van der Waals surface area contributed by atoms with Crippen LogP contribution in [0.3, 0.4) is 0 Å². The molecule has 1 atom stereocenters. The minimum Gasteiger partial charge on any atom is -0.497 e. The van der Waals surface area contributed by atoms with Gasteiger partial charge in [-0.2, -0.15) is 5.10 Å². The fraction of sp³-hybridized carbons (Fsp3) is 0.304. The van der Waals surface area contributed by atoms with Crippen molar-refractivity contribution in [2.75, 3.05) is 26.7 Å². The Kier molecular flexibility index (Phi) is 7.03. The smallest absolute Gasteiger partial charge is 0.255 e. The molecule has 6 heteroatoms. The fourth-order valence-electron chi connectivity index (χ4n) is 3.54. The van der Waals surface area contributed by atoms with Crippen LogP contribution in [0.15, 0.2) is 60.8 Å². The number of nitrogens with zero attached hydrogens (tertiary/aromatic N) is 2. The summed E-state index contributed by atoms with van der Waals surface area (Å²) < 4.78 is 5.38. The molecule has 6 nitrogen and oxygen atoms in total. The van der Waals surface area contributed by atoms with Gasteiger partial charge >= 0.3 is 0 Å². The van der Waals surface area contributed by atoms with Crippen molar-refractivity contribution < 1.29 is 9.53 Å². The standard InChI is InChI=1S/C23H28N4O2/c1-4-27(5-2)21(18-12-9-13-19(14-18)29-3)16-24-23(28)20-15-25-26-22(20)17-10-7-6-8-11-17/h6-15,21H,4-5,16H2,1-3H3,(H,24,28)(H,25,26). The van der Waals surface area contributed by atoms with Gasteiger partial charge in [0, 0.05) is 12.1 Å². The average molecular weight is 393 g/mol. The first kappa shape index (κ1) is 20.6. The predicted molar refractivity (Wildman–Crippen MR) is 115 cm³/mol. The van der Waals surface area contributed by atoms with Gasteiger partial charge in [-0.3, -0.25) is 14.8 Å². The highest BCUT2D eigenvalue weighted by Crippen LogP contribution is 2.25. The van der Waals surface area contributed by atoms with Gasteiger partial charge in [-0.1, -0.05) is 56.3 Å². The number of aromatic amines is 1. The molecule has 0 aliphatic heterocycles. The molecule has 0 bridgehead atoms. The summed E-state index contributed by atoms with van der Waals surface area (Å²) in [6.07, 6.45) is 1.58. The second-order valence-electron chi connectivity index (χ2n) is 6.75. The number of carbonyl (C=O) groups excluding carboxylic acids is 1. The maximum atomic E-state index is 12.9. The van der Waals surface area contributed by atoms with Crippen LogP contribution in [0.1, 0.15) is 35.8 Å². The van der Waals surface area contributed by atoms with Gasteiger partial charge in [-0.15, -0.1) is 0 Å². The lowest BCUT2D eigenvalue weighted by Crippen LogP contribution is -2.38. The summed E-state index contributed by atoms with van der Waals surface area (Å²) in [5, 5.41) is 10.1. The van der Waals surface area contributed by atoms with Gasteiger partial charge in [0.2, 0.25) is 0 Å². The molecule has 0 spiro atoms. The molecule has 0 aliphatic rings. The molecule has 0 radical (unpaired) electrons. The molecule has 1 unspecified atom stereocenters. The minimum atomic E-state index is -0.141. The fourth-order valence-corrected chi connectivity index (χ4v) is 3.54. The van der Waals surface area contributed by atoms with Crippen LogP contribution in [-0.4, -0.2) is 47.7 Å². The summed E-state index contributed by atoms with van der Waals surface area (Å²) in [5.74, 6) is 0.671. The van der Waals surface area contributed by atoms with E-state index >= 15 is 0 Å². The molecule has 0 saturated heterocycles. The lowest BCUT2D eigenvalue weighted by atomic mass is 10.0.